The zero-order valence-electron chi connectivity index (χ0n) is 10.9. The maximum Gasteiger partial charge on any atom is 0.311 e. The summed E-state index contributed by atoms with van der Waals surface area (Å²) in [6, 6.07) is 0.253. The van der Waals surface area contributed by atoms with Crippen molar-refractivity contribution in [3.63, 3.8) is 0 Å². The summed E-state index contributed by atoms with van der Waals surface area (Å²) in [4.78, 5) is 13.1. The Labute approximate surface area is 123 Å². The quantitative estimate of drug-likeness (QED) is 0.597. The van der Waals surface area contributed by atoms with Crippen molar-refractivity contribution >= 4 is 28.3 Å². The first-order valence-electron chi connectivity index (χ1n) is 6.67. The normalized spacial score (nSPS) is 24.8. The van der Waals surface area contributed by atoms with E-state index in [0.29, 0.717) is 36.9 Å². The second kappa shape index (κ2) is 4.71. The van der Waals surface area contributed by atoms with Crippen LogP contribution in [0.15, 0.2) is 6.20 Å². The number of rotatable bonds is 1. The fourth-order valence-corrected chi connectivity index (χ4v) is 2.97. The minimum Gasteiger partial charge on any atom is -0.379 e. The van der Waals surface area contributed by atoms with Crippen LogP contribution in [0.1, 0.15) is 6.42 Å². The molecule has 0 bridgehead atoms. The second-order valence-corrected chi connectivity index (χ2v) is 5.63. The lowest BCUT2D eigenvalue weighted by molar-refractivity contribution is 0.139. The van der Waals surface area contributed by atoms with Crippen LogP contribution in [0.4, 0.5) is 14.6 Å². The van der Waals surface area contributed by atoms with Gasteiger partial charge < -0.3 is 9.64 Å². The van der Waals surface area contributed by atoms with Gasteiger partial charge in [0.1, 0.15) is 11.3 Å². The van der Waals surface area contributed by atoms with E-state index >= 15 is 0 Å². The Hall–Kier alpha value is -1.60. The van der Waals surface area contributed by atoms with Gasteiger partial charge in [-0.15, -0.1) is 0 Å². The Balaban J connectivity index is 1.90. The van der Waals surface area contributed by atoms with Crippen LogP contribution in [-0.2, 0) is 4.74 Å². The zero-order chi connectivity index (χ0) is 14.6. The molecule has 8 heteroatoms. The number of hydrogen-bond acceptors (Lipinski definition) is 5. The average Bonchev–Trinajstić information content (AvgIpc) is 3.22. The highest BCUT2D eigenvalue weighted by molar-refractivity contribution is 6.30. The van der Waals surface area contributed by atoms with Crippen LogP contribution < -0.4 is 4.90 Å². The van der Waals surface area contributed by atoms with Crippen molar-refractivity contribution in [1.29, 1.82) is 0 Å². The van der Waals surface area contributed by atoms with Gasteiger partial charge in [0.15, 0.2) is 11.0 Å². The number of ether oxygens (including phenoxy) is 1. The lowest BCUT2D eigenvalue weighted by Gasteiger charge is -2.23. The summed E-state index contributed by atoms with van der Waals surface area (Å²) in [5.74, 6) is -0.0422. The van der Waals surface area contributed by atoms with E-state index in [1.165, 1.54) is 6.20 Å². The summed E-state index contributed by atoms with van der Waals surface area (Å²) >= 11 is 5.64. The van der Waals surface area contributed by atoms with Gasteiger partial charge in [-0.2, -0.15) is 14.4 Å². The van der Waals surface area contributed by atoms with E-state index in [2.05, 4.69) is 15.0 Å². The van der Waals surface area contributed by atoms with Gasteiger partial charge in [0.05, 0.1) is 18.6 Å². The number of aromatic nitrogens is 3. The summed E-state index contributed by atoms with van der Waals surface area (Å²) in [5.41, 5.74) is -0.139. The first kappa shape index (κ1) is 13.1. The van der Waals surface area contributed by atoms with E-state index in [1.807, 2.05) is 4.90 Å². The van der Waals surface area contributed by atoms with Crippen molar-refractivity contribution in [2.75, 3.05) is 24.7 Å². The standard InChI is InChI=1S/C13H11ClF2N4O/c14-11-9(15)10-7(4-17-11)12(19-13(16)18-10)20-1-2-21-5-6-3-8(6)20/h4,6,8H,1-3,5H2. The molecule has 4 rings (SSSR count). The fourth-order valence-electron chi connectivity index (χ4n) is 2.83. The van der Waals surface area contributed by atoms with Crippen molar-refractivity contribution in [3.8, 4) is 0 Å². The van der Waals surface area contributed by atoms with Gasteiger partial charge >= 0.3 is 6.08 Å². The van der Waals surface area contributed by atoms with E-state index in [1.54, 1.807) is 0 Å². The lowest BCUT2D eigenvalue weighted by Crippen LogP contribution is -2.30. The molecule has 0 amide bonds. The van der Waals surface area contributed by atoms with Crippen molar-refractivity contribution in [2.24, 2.45) is 5.92 Å². The zero-order valence-corrected chi connectivity index (χ0v) is 11.6. The number of hydrogen-bond donors (Lipinski definition) is 0. The summed E-state index contributed by atoms with van der Waals surface area (Å²) < 4.78 is 33.2. The number of nitrogens with zero attached hydrogens (tertiary/aromatic N) is 4. The monoisotopic (exact) mass is 312 g/mol. The van der Waals surface area contributed by atoms with Crippen molar-refractivity contribution < 1.29 is 13.5 Å². The maximum atomic E-state index is 14.0. The Bertz CT molecular complexity index is 729. The molecular weight excluding hydrogens is 302 g/mol. The first-order chi connectivity index (χ1) is 10.1. The highest BCUT2D eigenvalue weighted by Gasteiger charge is 2.44. The summed E-state index contributed by atoms with van der Waals surface area (Å²) in [6.45, 7) is 1.81. The number of pyridine rings is 1. The largest absolute Gasteiger partial charge is 0.379 e. The van der Waals surface area contributed by atoms with Crippen LogP contribution in [0.3, 0.4) is 0 Å². The summed E-state index contributed by atoms with van der Waals surface area (Å²) in [6.07, 6.45) is 1.39. The molecule has 0 spiro atoms. The molecule has 1 saturated carbocycles. The third kappa shape index (κ3) is 2.11. The molecule has 1 saturated heterocycles. The van der Waals surface area contributed by atoms with Crippen molar-refractivity contribution in [1.82, 2.24) is 15.0 Å². The topological polar surface area (TPSA) is 51.1 Å². The van der Waals surface area contributed by atoms with E-state index in [9.17, 15) is 8.78 Å². The number of anilines is 1. The van der Waals surface area contributed by atoms with Crippen LogP contribution >= 0.6 is 11.6 Å². The van der Waals surface area contributed by atoms with E-state index in [4.69, 9.17) is 16.3 Å². The van der Waals surface area contributed by atoms with Crippen LogP contribution in [0.2, 0.25) is 5.15 Å². The molecule has 5 nitrogen and oxygen atoms in total. The molecule has 3 heterocycles. The molecule has 110 valence electrons. The van der Waals surface area contributed by atoms with Gasteiger partial charge in [0, 0.05) is 24.7 Å². The molecule has 2 aromatic heterocycles. The molecular formula is C13H11ClF2N4O. The Morgan fingerprint density at radius 1 is 1.33 bits per heavy atom. The second-order valence-electron chi connectivity index (χ2n) is 5.27. The highest BCUT2D eigenvalue weighted by Crippen LogP contribution is 2.41. The van der Waals surface area contributed by atoms with Gasteiger partial charge in [-0.3, -0.25) is 0 Å². The minimum atomic E-state index is -0.971. The SMILES string of the molecule is Fc1nc(N2CCOCC3CC32)c2cnc(Cl)c(F)c2n1. The maximum absolute atomic E-state index is 14.0. The average molecular weight is 313 g/mol. The molecule has 2 aromatic rings. The molecule has 1 aliphatic carbocycles. The molecule has 0 radical (unpaired) electrons. The minimum absolute atomic E-state index is 0.139. The predicted molar refractivity (Wildman–Crippen MR) is 72.3 cm³/mol. The molecule has 21 heavy (non-hydrogen) atoms. The molecule has 2 aliphatic rings. The van der Waals surface area contributed by atoms with Crippen molar-refractivity contribution in [3.05, 3.63) is 23.2 Å². The Kier molecular flexibility index (Phi) is 2.93. The smallest absolute Gasteiger partial charge is 0.311 e. The first-order valence-corrected chi connectivity index (χ1v) is 7.04. The predicted octanol–water partition coefficient (Wildman–Crippen LogP) is 2.18. The molecule has 2 unspecified atom stereocenters. The van der Waals surface area contributed by atoms with Gasteiger partial charge in [0.25, 0.3) is 0 Å². The number of fused-ring (bicyclic) bond motifs is 2. The Morgan fingerprint density at radius 3 is 3.05 bits per heavy atom. The molecule has 2 fully saturated rings. The van der Waals surface area contributed by atoms with Crippen LogP contribution in [0.5, 0.6) is 0 Å². The lowest BCUT2D eigenvalue weighted by atomic mass is 10.2. The van der Waals surface area contributed by atoms with Crippen LogP contribution in [0.25, 0.3) is 10.9 Å². The third-order valence-corrected chi connectivity index (χ3v) is 4.22. The summed E-state index contributed by atoms with van der Waals surface area (Å²) in [7, 11) is 0. The summed E-state index contributed by atoms with van der Waals surface area (Å²) in [5, 5.41) is 0.0425. The molecule has 0 N–H and O–H groups in total. The molecule has 0 aromatic carbocycles. The van der Waals surface area contributed by atoms with Gasteiger partial charge in [-0.25, -0.2) is 9.37 Å². The van der Waals surface area contributed by atoms with Gasteiger partial charge in [-0.1, -0.05) is 11.6 Å². The molecule has 1 aliphatic heterocycles. The molecule has 2 atom stereocenters. The van der Waals surface area contributed by atoms with Crippen molar-refractivity contribution in [2.45, 2.75) is 12.5 Å². The van der Waals surface area contributed by atoms with Crippen LogP contribution in [-0.4, -0.2) is 40.8 Å². The van der Waals surface area contributed by atoms with Crippen LogP contribution in [0, 0.1) is 17.8 Å². The highest BCUT2D eigenvalue weighted by atomic mass is 35.5. The van der Waals surface area contributed by atoms with E-state index in [-0.39, 0.29) is 16.7 Å². The van der Waals surface area contributed by atoms with Gasteiger partial charge in [0.2, 0.25) is 0 Å². The fraction of sp³-hybridized carbons (Fsp3) is 0.462. The Morgan fingerprint density at radius 2 is 2.19 bits per heavy atom. The van der Waals surface area contributed by atoms with Gasteiger partial charge in [-0.05, 0) is 6.42 Å². The number of halogens is 3. The van der Waals surface area contributed by atoms with E-state index < -0.39 is 11.9 Å². The van der Waals surface area contributed by atoms with E-state index in [0.717, 1.165) is 6.42 Å². The third-order valence-electron chi connectivity index (χ3n) is 3.96.